The van der Waals surface area contributed by atoms with Crippen molar-refractivity contribution in [2.45, 2.75) is 0 Å². The lowest BCUT2D eigenvalue weighted by atomic mass is 10.1. The van der Waals surface area contributed by atoms with E-state index in [1.54, 1.807) is 72.8 Å². The molecule has 2 amide bonds. The zero-order valence-corrected chi connectivity index (χ0v) is 12.9. The van der Waals surface area contributed by atoms with Crippen LogP contribution in [0, 0.1) is 0 Å². The summed E-state index contributed by atoms with van der Waals surface area (Å²) in [6.07, 6.45) is 0. The van der Waals surface area contributed by atoms with E-state index in [2.05, 4.69) is 0 Å². The summed E-state index contributed by atoms with van der Waals surface area (Å²) in [5.74, 6) is -0.844. The number of carbonyl (C=O) groups is 2. The summed E-state index contributed by atoms with van der Waals surface area (Å²) in [5, 5.41) is 0. The highest BCUT2D eigenvalue weighted by Crippen LogP contribution is 2.22. The van der Waals surface area contributed by atoms with Crippen molar-refractivity contribution in [3.63, 3.8) is 0 Å². The van der Waals surface area contributed by atoms with Crippen molar-refractivity contribution in [3.8, 4) is 0 Å². The van der Waals surface area contributed by atoms with Crippen molar-refractivity contribution in [2.75, 3.05) is 10.6 Å². The quantitative estimate of drug-likeness (QED) is 0.591. The van der Waals surface area contributed by atoms with Crippen molar-refractivity contribution < 1.29 is 9.59 Å². The normalized spacial score (nSPS) is 10.2. The summed E-state index contributed by atoms with van der Waals surface area (Å²) < 4.78 is 0. The van der Waals surface area contributed by atoms with Crippen molar-refractivity contribution in [2.24, 2.45) is 0 Å². The molecule has 0 aromatic heterocycles. The van der Waals surface area contributed by atoms with Gasteiger partial charge in [0.1, 0.15) is 0 Å². The van der Waals surface area contributed by atoms with Gasteiger partial charge in [-0.25, -0.2) is 4.90 Å². The van der Waals surface area contributed by atoms with Crippen LogP contribution < -0.4 is 10.6 Å². The molecule has 0 saturated carbocycles. The second kappa shape index (κ2) is 6.79. The van der Waals surface area contributed by atoms with Gasteiger partial charge in [-0.15, -0.1) is 0 Å². The smallest absolute Gasteiger partial charge is 0.267 e. The number of amides is 2. The van der Waals surface area contributed by atoms with Gasteiger partial charge < -0.3 is 5.73 Å². The Kier molecular flexibility index (Phi) is 4.38. The Hall–Kier alpha value is -3.40. The largest absolute Gasteiger partial charge is 0.398 e. The standard InChI is InChI=1S/C20H16N2O2/c21-18-14-8-7-13-17(18)20(24)22(16-11-5-2-6-12-16)19(23)15-9-3-1-4-10-15/h1-14H,21H2. The summed E-state index contributed by atoms with van der Waals surface area (Å²) >= 11 is 0. The average Bonchev–Trinajstić information content (AvgIpc) is 2.64. The minimum Gasteiger partial charge on any atom is -0.398 e. The minimum absolute atomic E-state index is 0.297. The number of imide groups is 1. The van der Waals surface area contributed by atoms with Gasteiger partial charge in [-0.05, 0) is 36.4 Å². The lowest BCUT2D eigenvalue weighted by Gasteiger charge is -2.22. The fourth-order valence-corrected chi connectivity index (χ4v) is 2.43. The van der Waals surface area contributed by atoms with Gasteiger partial charge in [0.2, 0.25) is 0 Å². The number of para-hydroxylation sites is 2. The number of hydrogen-bond acceptors (Lipinski definition) is 3. The van der Waals surface area contributed by atoms with Crippen LogP contribution in [0.25, 0.3) is 0 Å². The Morgan fingerprint density at radius 2 is 1.21 bits per heavy atom. The fourth-order valence-electron chi connectivity index (χ4n) is 2.43. The number of hydrogen-bond donors (Lipinski definition) is 1. The van der Waals surface area contributed by atoms with E-state index in [-0.39, 0.29) is 0 Å². The summed E-state index contributed by atoms with van der Waals surface area (Å²) in [4.78, 5) is 27.1. The first-order chi connectivity index (χ1) is 11.7. The Morgan fingerprint density at radius 1 is 0.667 bits per heavy atom. The predicted molar refractivity (Wildman–Crippen MR) is 94.9 cm³/mol. The van der Waals surface area contributed by atoms with E-state index in [4.69, 9.17) is 5.73 Å². The SMILES string of the molecule is Nc1ccccc1C(=O)N(C(=O)c1ccccc1)c1ccccc1. The molecule has 118 valence electrons. The first-order valence-electron chi connectivity index (χ1n) is 7.52. The van der Waals surface area contributed by atoms with Crippen molar-refractivity contribution in [3.05, 3.63) is 96.1 Å². The van der Waals surface area contributed by atoms with Crippen LogP contribution in [0.2, 0.25) is 0 Å². The Morgan fingerprint density at radius 3 is 1.83 bits per heavy atom. The molecule has 0 aliphatic heterocycles. The first-order valence-corrected chi connectivity index (χ1v) is 7.52. The monoisotopic (exact) mass is 316 g/mol. The van der Waals surface area contributed by atoms with Crippen molar-refractivity contribution in [1.82, 2.24) is 0 Å². The molecule has 24 heavy (non-hydrogen) atoms. The van der Waals surface area contributed by atoms with E-state index in [0.29, 0.717) is 22.5 Å². The molecule has 3 aromatic carbocycles. The second-order valence-electron chi connectivity index (χ2n) is 5.23. The van der Waals surface area contributed by atoms with Crippen LogP contribution >= 0.6 is 0 Å². The van der Waals surface area contributed by atoms with Crippen LogP contribution in [0.5, 0.6) is 0 Å². The van der Waals surface area contributed by atoms with Crippen LogP contribution in [-0.4, -0.2) is 11.8 Å². The van der Waals surface area contributed by atoms with E-state index in [0.717, 1.165) is 4.90 Å². The molecule has 4 heteroatoms. The van der Waals surface area contributed by atoms with Crippen LogP contribution in [0.1, 0.15) is 20.7 Å². The molecule has 0 spiro atoms. The third-order valence-electron chi connectivity index (χ3n) is 3.63. The molecule has 4 nitrogen and oxygen atoms in total. The minimum atomic E-state index is -0.451. The molecule has 0 radical (unpaired) electrons. The van der Waals surface area contributed by atoms with Crippen molar-refractivity contribution >= 4 is 23.2 Å². The molecule has 3 aromatic rings. The van der Waals surface area contributed by atoms with Gasteiger partial charge in [-0.3, -0.25) is 9.59 Å². The lowest BCUT2D eigenvalue weighted by molar-refractivity contribution is 0.0898. The summed E-state index contributed by atoms with van der Waals surface area (Å²) in [6, 6.07) is 24.3. The summed E-state index contributed by atoms with van der Waals surface area (Å²) in [6.45, 7) is 0. The molecule has 0 unspecified atom stereocenters. The maximum Gasteiger partial charge on any atom is 0.267 e. The van der Waals surface area contributed by atoms with E-state index in [1.165, 1.54) is 0 Å². The Balaban J connectivity index is 2.08. The third kappa shape index (κ3) is 3.03. The molecule has 0 atom stereocenters. The van der Waals surface area contributed by atoms with E-state index in [1.807, 2.05) is 12.1 Å². The van der Waals surface area contributed by atoms with Crippen LogP contribution in [0.3, 0.4) is 0 Å². The maximum atomic E-state index is 13.0. The van der Waals surface area contributed by atoms with Gasteiger partial charge in [-0.1, -0.05) is 48.5 Å². The molecule has 0 aliphatic rings. The van der Waals surface area contributed by atoms with Crippen LogP contribution in [0.4, 0.5) is 11.4 Å². The zero-order valence-electron chi connectivity index (χ0n) is 12.9. The molecule has 3 rings (SSSR count). The molecule has 0 fully saturated rings. The topological polar surface area (TPSA) is 63.4 Å². The van der Waals surface area contributed by atoms with Gasteiger partial charge in [0.15, 0.2) is 0 Å². The molecule has 0 bridgehead atoms. The van der Waals surface area contributed by atoms with Crippen LogP contribution in [-0.2, 0) is 0 Å². The second-order valence-corrected chi connectivity index (χ2v) is 5.23. The van der Waals surface area contributed by atoms with Gasteiger partial charge in [0.05, 0.1) is 11.3 Å². The van der Waals surface area contributed by atoms with Crippen molar-refractivity contribution in [1.29, 1.82) is 0 Å². The number of nitrogens with zero attached hydrogens (tertiary/aromatic N) is 1. The highest BCUT2D eigenvalue weighted by atomic mass is 16.2. The van der Waals surface area contributed by atoms with Gasteiger partial charge in [0.25, 0.3) is 11.8 Å². The molecule has 0 heterocycles. The first kappa shape index (κ1) is 15.5. The molecule has 0 saturated heterocycles. The van der Waals surface area contributed by atoms with Gasteiger partial charge >= 0.3 is 0 Å². The molecular weight excluding hydrogens is 300 g/mol. The Bertz CT molecular complexity index is 861. The predicted octanol–water partition coefficient (Wildman–Crippen LogP) is 3.76. The van der Waals surface area contributed by atoms with E-state index < -0.39 is 11.8 Å². The number of carbonyl (C=O) groups excluding carboxylic acids is 2. The maximum absolute atomic E-state index is 13.0. The Labute approximate surface area is 140 Å². The van der Waals surface area contributed by atoms with E-state index >= 15 is 0 Å². The zero-order chi connectivity index (χ0) is 16.9. The number of benzene rings is 3. The molecule has 2 N–H and O–H groups in total. The summed E-state index contributed by atoms with van der Waals surface area (Å²) in [5.41, 5.74) is 7.49. The number of anilines is 2. The number of nitrogens with two attached hydrogens (primary N) is 1. The molecular formula is C20H16N2O2. The fraction of sp³-hybridized carbons (Fsp3) is 0. The van der Waals surface area contributed by atoms with E-state index in [9.17, 15) is 9.59 Å². The molecule has 0 aliphatic carbocycles. The highest BCUT2D eigenvalue weighted by molar-refractivity contribution is 6.26. The summed E-state index contributed by atoms with van der Waals surface area (Å²) in [7, 11) is 0. The lowest BCUT2D eigenvalue weighted by Crippen LogP contribution is -2.37. The van der Waals surface area contributed by atoms with Crippen LogP contribution in [0.15, 0.2) is 84.9 Å². The third-order valence-corrected chi connectivity index (χ3v) is 3.63. The number of rotatable bonds is 3. The van der Waals surface area contributed by atoms with Gasteiger partial charge in [0, 0.05) is 11.3 Å². The van der Waals surface area contributed by atoms with Gasteiger partial charge in [-0.2, -0.15) is 0 Å². The average molecular weight is 316 g/mol. The number of nitrogen functional groups attached to an aromatic ring is 1. The highest BCUT2D eigenvalue weighted by Gasteiger charge is 2.26.